The first kappa shape index (κ1) is 33.5. The number of carbonyl (C=O) groups is 3. The lowest BCUT2D eigenvalue weighted by molar-refractivity contribution is -0.153. The molecule has 10 nitrogen and oxygen atoms in total. The minimum Gasteiger partial charge on any atom is -0.497 e. The average Bonchev–Trinajstić information content (AvgIpc) is 4.02. The van der Waals surface area contributed by atoms with Crippen molar-refractivity contribution in [2.24, 2.45) is 5.92 Å². The zero-order valence-corrected chi connectivity index (χ0v) is 29.7. The van der Waals surface area contributed by atoms with Crippen molar-refractivity contribution < 1.29 is 28.4 Å². The minimum absolute atomic E-state index is 0.0344. The molecule has 3 aliphatic rings. The van der Waals surface area contributed by atoms with Crippen molar-refractivity contribution in [2.45, 2.75) is 50.6 Å². The molecule has 3 aromatic carbocycles. The van der Waals surface area contributed by atoms with E-state index in [4.69, 9.17) is 14.0 Å². The highest BCUT2D eigenvalue weighted by molar-refractivity contribution is 6.00. The number of likely N-dealkylation sites (tertiary alicyclic amines) is 2. The van der Waals surface area contributed by atoms with Gasteiger partial charge in [0.2, 0.25) is 0 Å². The van der Waals surface area contributed by atoms with Crippen LogP contribution in [-0.4, -0.2) is 76.7 Å². The summed E-state index contributed by atoms with van der Waals surface area (Å²) in [6, 6.07) is 28.6. The van der Waals surface area contributed by atoms with Gasteiger partial charge in [0.05, 0.1) is 20.8 Å². The summed E-state index contributed by atoms with van der Waals surface area (Å²) in [7, 11) is 3.00. The summed E-state index contributed by atoms with van der Waals surface area (Å²) >= 11 is 0. The molecule has 3 atom stereocenters. The van der Waals surface area contributed by atoms with Gasteiger partial charge < -0.3 is 28.4 Å². The van der Waals surface area contributed by atoms with Crippen LogP contribution in [0.5, 0.6) is 5.75 Å². The first-order valence-corrected chi connectivity index (χ1v) is 17.9. The number of carbonyl (C=O) groups excluding carboxylic acids is 3. The van der Waals surface area contributed by atoms with Crippen molar-refractivity contribution in [3.8, 4) is 17.0 Å². The fraction of sp³-hybridized carbons (Fsp3) is 0.333. The third-order valence-electron chi connectivity index (χ3n) is 11.3. The highest BCUT2D eigenvalue weighted by Crippen LogP contribution is 2.55. The first-order chi connectivity index (χ1) is 25.3. The van der Waals surface area contributed by atoms with E-state index >= 15 is 0 Å². The Morgan fingerprint density at radius 3 is 2.27 bits per heavy atom. The van der Waals surface area contributed by atoms with E-state index in [2.05, 4.69) is 9.72 Å². The number of hydrogen-bond donors (Lipinski definition) is 0. The lowest BCUT2D eigenvalue weighted by Crippen LogP contribution is -2.58. The van der Waals surface area contributed by atoms with Gasteiger partial charge in [0.1, 0.15) is 22.9 Å². The summed E-state index contributed by atoms with van der Waals surface area (Å²) in [6.45, 7) is 4.03. The van der Waals surface area contributed by atoms with Gasteiger partial charge in [-0.15, -0.1) is 0 Å². The highest BCUT2D eigenvalue weighted by Gasteiger charge is 2.64. The number of nitrogens with zero attached hydrogens (tertiary/aromatic N) is 4. The van der Waals surface area contributed by atoms with Gasteiger partial charge in [-0.3, -0.25) is 9.59 Å². The third-order valence-corrected chi connectivity index (χ3v) is 11.3. The number of esters is 1. The number of aryl methyl sites for hydroxylation is 1. The second-order valence-electron chi connectivity index (χ2n) is 14.1. The zero-order chi connectivity index (χ0) is 36.0. The highest BCUT2D eigenvalue weighted by atomic mass is 16.5. The number of rotatable bonds is 9. The predicted octanol–water partition coefficient (Wildman–Crippen LogP) is 6.31. The normalized spacial score (nSPS) is 20.5. The molecule has 10 heteroatoms. The number of aromatic nitrogens is 2. The molecule has 0 saturated carbocycles. The molecule has 8 rings (SSSR count). The van der Waals surface area contributed by atoms with Crippen LogP contribution in [0.4, 0.5) is 0 Å². The van der Waals surface area contributed by atoms with Crippen LogP contribution in [0.3, 0.4) is 0 Å². The van der Waals surface area contributed by atoms with Gasteiger partial charge in [0.15, 0.2) is 5.54 Å². The largest absolute Gasteiger partial charge is 0.497 e. The second-order valence-corrected chi connectivity index (χ2v) is 14.1. The van der Waals surface area contributed by atoms with Crippen molar-refractivity contribution in [1.82, 2.24) is 19.5 Å². The van der Waals surface area contributed by atoms with Crippen LogP contribution in [0, 0.1) is 12.8 Å². The van der Waals surface area contributed by atoms with E-state index in [1.165, 1.54) is 7.11 Å². The van der Waals surface area contributed by atoms with E-state index in [0.29, 0.717) is 55.4 Å². The molecule has 2 fully saturated rings. The monoisotopic (exact) mass is 698 g/mol. The Hall–Kier alpha value is -5.64. The van der Waals surface area contributed by atoms with Gasteiger partial charge >= 0.3 is 5.97 Å². The van der Waals surface area contributed by atoms with Crippen molar-refractivity contribution in [3.63, 3.8) is 0 Å². The molecule has 0 bridgehead atoms. The zero-order valence-electron chi connectivity index (χ0n) is 29.7. The number of amides is 2. The van der Waals surface area contributed by atoms with Crippen molar-refractivity contribution in [1.29, 1.82) is 0 Å². The summed E-state index contributed by atoms with van der Waals surface area (Å²) in [5, 5.41) is 4.45. The van der Waals surface area contributed by atoms with Gasteiger partial charge in [-0.2, -0.15) is 0 Å². The summed E-state index contributed by atoms with van der Waals surface area (Å²) in [5.74, 6) is 0.129. The predicted molar refractivity (Wildman–Crippen MR) is 194 cm³/mol. The molecule has 0 unspecified atom stereocenters. The van der Waals surface area contributed by atoms with Crippen molar-refractivity contribution in [2.75, 3.05) is 33.9 Å². The summed E-state index contributed by atoms with van der Waals surface area (Å²) < 4.78 is 19.0. The van der Waals surface area contributed by atoms with E-state index in [-0.39, 0.29) is 24.2 Å². The van der Waals surface area contributed by atoms with E-state index in [0.717, 1.165) is 46.5 Å². The van der Waals surface area contributed by atoms with Gasteiger partial charge in [0.25, 0.3) is 11.8 Å². The Morgan fingerprint density at radius 1 is 0.904 bits per heavy atom. The molecule has 1 aliphatic carbocycles. The maximum atomic E-state index is 14.6. The fourth-order valence-corrected chi connectivity index (χ4v) is 8.85. The van der Waals surface area contributed by atoms with E-state index in [1.807, 2.05) is 90.7 Å². The molecule has 2 aromatic heterocycles. The molecule has 0 spiro atoms. The van der Waals surface area contributed by atoms with Crippen LogP contribution in [-0.2, 0) is 28.9 Å². The molecule has 0 radical (unpaired) electrons. The van der Waals surface area contributed by atoms with Crippen molar-refractivity contribution in [3.05, 3.63) is 130 Å². The molecular weight excluding hydrogens is 656 g/mol. The van der Waals surface area contributed by atoms with E-state index in [9.17, 15) is 14.4 Å². The molecule has 2 aliphatic heterocycles. The number of fused-ring (bicyclic) bond motifs is 3. The molecule has 5 aromatic rings. The van der Waals surface area contributed by atoms with E-state index in [1.54, 1.807) is 24.1 Å². The van der Waals surface area contributed by atoms with Crippen LogP contribution >= 0.6 is 0 Å². The van der Waals surface area contributed by atoms with E-state index < -0.39 is 17.4 Å². The molecule has 266 valence electrons. The average molecular weight is 699 g/mol. The molecule has 4 heterocycles. The summed E-state index contributed by atoms with van der Waals surface area (Å²) in [5.41, 5.74) is 5.03. The van der Waals surface area contributed by atoms with Crippen LogP contribution in [0.2, 0.25) is 0 Å². The van der Waals surface area contributed by atoms with Gasteiger partial charge in [-0.05, 0) is 73.6 Å². The minimum atomic E-state index is -1.38. The number of ether oxygens (including phenoxy) is 2. The Bertz CT molecular complexity index is 2120. The van der Waals surface area contributed by atoms with Crippen LogP contribution in [0.25, 0.3) is 11.3 Å². The molecular formula is C42H42N4O6. The Labute approximate surface area is 302 Å². The Morgan fingerprint density at radius 2 is 1.60 bits per heavy atom. The Kier molecular flexibility index (Phi) is 8.69. The topological polar surface area (TPSA) is 107 Å². The second kappa shape index (κ2) is 13.5. The smallest absolute Gasteiger partial charge is 0.332 e. The number of methoxy groups -OCH3 is 2. The number of benzene rings is 3. The standard InChI is InChI=1S/C42H42N4O6/c1-27-34(38(43-52-27)29-12-6-4-7-13-29)26-45-35-22-31-25-46(39(47)30-14-8-5-9-15-30)42(41(49)51-3,24-28-16-18-32(50-2)19-17-28)37(31)33(35)23-36(45)40(48)44-20-10-11-21-44/h4-9,12-19,23,31,37H,10-11,20-22,24-26H2,1-3H3/t31-,37+,42+/m0/s1. The lowest BCUT2D eigenvalue weighted by Gasteiger charge is -2.40. The van der Waals surface area contributed by atoms with Crippen LogP contribution in [0.1, 0.15) is 67.8 Å². The fourth-order valence-electron chi connectivity index (χ4n) is 8.85. The van der Waals surface area contributed by atoms with Crippen LogP contribution in [0.15, 0.2) is 95.5 Å². The molecule has 2 saturated heterocycles. The quantitative estimate of drug-likeness (QED) is 0.166. The Balaban J connectivity index is 1.29. The van der Waals surface area contributed by atoms with Crippen molar-refractivity contribution >= 4 is 17.8 Å². The molecule has 0 N–H and O–H groups in total. The van der Waals surface area contributed by atoms with Gasteiger partial charge in [0, 0.05) is 54.4 Å². The molecule has 2 amide bonds. The van der Waals surface area contributed by atoms with Gasteiger partial charge in [-0.25, -0.2) is 4.79 Å². The maximum Gasteiger partial charge on any atom is 0.332 e. The summed E-state index contributed by atoms with van der Waals surface area (Å²) in [4.78, 5) is 47.1. The number of hydrogen-bond acceptors (Lipinski definition) is 7. The maximum absolute atomic E-state index is 14.6. The SMILES string of the molecule is COC(=O)[C@@]1(Cc2ccc(OC)cc2)[C@H]2c3cc(C(=O)N4CCCC4)n(Cc4c(-c5ccccc5)noc4C)c3C[C@H]2CN1C(=O)c1ccccc1. The molecule has 52 heavy (non-hydrogen) atoms. The van der Waals surface area contributed by atoms with Crippen LogP contribution < -0.4 is 4.74 Å². The lowest BCUT2D eigenvalue weighted by atomic mass is 9.75. The van der Waals surface area contributed by atoms with Gasteiger partial charge in [-0.1, -0.05) is 65.8 Å². The first-order valence-electron chi connectivity index (χ1n) is 17.9. The summed E-state index contributed by atoms with van der Waals surface area (Å²) in [6.07, 6.45) is 2.73. The third kappa shape index (κ3) is 5.48.